The normalized spacial score (nSPS) is 13.4. The predicted molar refractivity (Wildman–Crippen MR) is 104 cm³/mol. The highest BCUT2D eigenvalue weighted by Gasteiger charge is 2.22. The van der Waals surface area contributed by atoms with E-state index in [1.54, 1.807) is 4.68 Å². The van der Waals surface area contributed by atoms with E-state index in [4.69, 9.17) is 11.6 Å². The number of benzene rings is 1. The molecule has 2 unspecified atom stereocenters. The summed E-state index contributed by atoms with van der Waals surface area (Å²) in [7, 11) is 0. The zero-order valence-corrected chi connectivity index (χ0v) is 16.2. The maximum absolute atomic E-state index is 12.7. The van der Waals surface area contributed by atoms with Gasteiger partial charge in [0.05, 0.1) is 22.5 Å². The highest BCUT2D eigenvalue weighted by Crippen LogP contribution is 2.23. The standard InChI is InChI=1S/C20H23ClN4O/c1-13(17-8-7-9-18(12-17)24-10-5-6-11-24)22-20(26)16(4)25-15(3)19(21)14(2)23-25/h5-13,16H,1-4H3,(H,22,26). The van der Waals surface area contributed by atoms with Gasteiger partial charge < -0.3 is 9.88 Å². The van der Waals surface area contributed by atoms with Crippen LogP contribution >= 0.6 is 11.6 Å². The molecule has 1 aromatic carbocycles. The zero-order valence-electron chi connectivity index (χ0n) is 15.4. The average Bonchev–Trinajstić information content (AvgIpc) is 3.26. The van der Waals surface area contributed by atoms with Gasteiger partial charge in [-0.15, -0.1) is 0 Å². The van der Waals surface area contributed by atoms with Gasteiger partial charge in [0.25, 0.3) is 0 Å². The van der Waals surface area contributed by atoms with Crippen LogP contribution in [-0.2, 0) is 4.79 Å². The number of hydrogen-bond acceptors (Lipinski definition) is 2. The molecule has 1 N–H and O–H groups in total. The fourth-order valence-corrected chi connectivity index (χ4v) is 3.13. The van der Waals surface area contributed by atoms with Gasteiger partial charge in [-0.1, -0.05) is 23.7 Å². The van der Waals surface area contributed by atoms with Crippen molar-refractivity contribution >= 4 is 17.5 Å². The lowest BCUT2D eigenvalue weighted by Gasteiger charge is -2.20. The number of aryl methyl sites for hydroxylation is 1. The van der Waals surface area contributed by atoms with Crippen LogP contribution in [-0.4, -0.2) is 20.3 Å². The zero-order chi connectivity index (χ0) is 18.8. The van der Waals surface area contributed by atoms with Crippen LogP contribution < -0.4 is 5.32 Å². The smallest absolute Gasteiger partial charge is 0.245 e. The second-order valence-corrected chi connectivity index (χ2v) is 6.90. The Kier molecular flexibility index (Phi) is 5.18. The minimum atomic E-state index is -0.434. The lowest BCUT2D eigenvalue weighted by atomic mass is 10.1. The number of hydrogen-bond donors (Lipinski definition) is 1. The summed E-state index contributed by atoms with van der Waals surface area (Å²) in [4.78, 5) is 12.7. The summed E-state index contributed by atoms with van der Waals surface area (Å²) in [6.07, 6.45) is 3.99. The summed E-state index contributed by atoms with van der Waals surface area (Å²) in [5.74, 6) is -0.0915. The van der Waals surface area contributed by atoms with Crippen LogP contribution in [0.1, 0.15) is 42.9 Å². The van der Waals surface area contributed by atoms with Crippen molar-refractivity contribution in [1.29, 1.82) is 0 Å². The summed E-state index contributed by atoms with van der Waals surface area (Å²) >= 11 is 6.20. The second kappa shape index (κ2) is 7.38. The first-order valence-corrected chi connectivity index (χ1v) is 9.01. The minimum Gasteiger partial charge on any atom is -0.348 e. The number of nitrogens with zero attached hydrogens (tertiary/aromatic N) is 3. The van der Waals surface area contributed by atoms with Crippen molar-refractivity contribution in [2.45, 2.75) is 39.8 Å². The molecule has 3 rings (SSSR count). The molecule has 2 atom stereocenters. The highest BCUT2D eigenvalue weighted by atomic mass is 35.5. The summed E-state index contributed by atoms with van der Waals surface area (Å²) in [6.45, 7) is 7.52. The summed E-state index contributed by atoms with van der Waals surface area (Å²) in [5, 5.41) is 8.06. The number of carbonyl (C=O) groups is 1. The van der Waals surface area contributed by atoms with Crippen molar-refractivity contribution in [3.8, 4) is 5.69 Å². The molecule has 0 aliphatic rings. The van der Waals surface area contributed by atoms with Gasteiger partial charge in [-0.05, 0) is 57.5 Å². The van der Waals surface area contributed by atoms with E-state index in [1.165, 1.54) is 0 Å². The van der Waals surface area contributed by atoms with Crippen LogP contribution in [0.15, 0.2) is 48.8 Å². The molecule has 0 fully saturated rings. The maximum atomic E-state index is 12.7. The maximum Gasteiger partial charge on any atom is 0.245 e. The molecule has 0 saturated carbocycles. The Morgan fingerprint density at radius 1 is 1.15 bits per heavy atom. The summed E-state index contributed by atoms with van der Waals surface area (Å²) < 4.78 is 3.72. The van der Waals surface area contributed by atoms with Crippen molar-refractivity contribution in [3.05, 3.63) is 70.8 Å². The van der Waals surface area contributed by atoms with E-state index in [2.05, 4.69) is 16.5 Å². The number of amides is 1. The third-order valence-electron chi connectivity index (χ3n) is 4.61. The molecule has 5 nitrogen and oxygen atoms in total. The first kappa shape index (κ1) is 18.3. The Hall–Kier alpha value is -2.53. The molecule has 26 heavy (non-hydrogen) atoms. The minimum absolute atomic E-state index is 0.0915. The largest absolute Gasteiger partial charge is 0.348 e. The summed E-state index contributed by atoms with van der Waals surface area (Å²) in [5.41, 5.74) is 3.64. The van der Waals surface area contributed by atoms with Crippen molar-refractivity contribution < 1.29 is 4.79 Å². The van der Waals surface area contributed by atoms with Crippen LogP contribution in [0.25, 0.3) is 5.69 Å². The first-order chi connectivity index (χ1) is 12.4. The van der Waals surface area contributed by atoms with Gasteiger partial charge in [-0.3, -0.25) is 9.48 Å². The quantitative estimate of drug-likeness (QED) is 0.724. The van der Waals surface area contributed by atoms with Gasteiger partial charge >= 0.3 is 0 Å². The monoisotopic (exact) mass is 370 g/mol. The van der Waals surface area contributed by atoms with Gasteiger partial charge in [0.1, 0.15) is 6.04 Å². The van der Waals surface area contributed by atoms with Gasteiger partial charge in [-0.2, -0.15) is 5.10 Å². The molecule has 2 aromatic heterocycles. The van der Waals surface area contributed by atoms with Crippen molar-refractivity contribution in [2.75, 3.05) is 0 Å². The van der Waals surface area contributed by atoms with Crippen LogP contribution in [0, 0.1) is 13.8 Å². The molecule has 1 amide bonds. The van der Waals surface area contributed by atoms with Gasteiger partial charge in [0.2, 0.25) is 5.91 Å². The molecule has 136 valence electrons. The average molecular weight is 371 g/mol. The summed E-state index contributed by atoms with van der Waals surface area (Å²) in [6, 6.07) is 11.6. The molecule has 2 heterocycles. The van der Waals surface area contributed by atoms with E-state index < -0.39 is 6.04 Å². The number of aromatic nitrogens is 3. The second-order valence-electron chi connectivity index (χ2n) is 6.52. The van der Waals surface area contributed by atoms with Crippen LogP contribution in [0.5, 0.6) is 0 Å². The fourth-order valence-electron chi connectivity index (χ4n) is 3.01. The third-order valence-corrected chi connectivity index (χ3v) is 5.16. The number of halogens is 1. The Morgan fingerprint density at radius 2 is 1.85 bits per heavy atom. The van der Waals surface area contributed by atoms with E-state index in [1.807, 2.05) is 75.0 Å². The van der Waals surface area contributed by atoms with Crippen LogP contribution in [0.4, 0.5) is 0 Å². The van der Waals surface area contributed by atoms with Gasteiger partial charge in [-0.25, -0.2) is 0 Å². The van der Waals surface area contributed by atoms with Crippen molar-refractivity contribution in [1.82, 2.24) is 19.7 Å². The van der Waals surface area contributed by atoms with E-state index in [0.29, 0.717) is 5.02 Å². The number of rotatable bonds is 5. The number of nitrogens with one attached hydrogen (secondary N) is 1. The third kappa shape index (κ3) is 3.53. The first-order valence-electron chi connectivity index (χ1n) is 8.63. The Bertz CT molecular complexity index is 914. The topological polar surface area (TPSA) is 51.9 Å². The lowest BCUT2D eigenvalue weighted by molar-refractivity contribution is -0.124. The fraction of sp³-hybridized carbons (Fsp3) is 0.300. The van der Waals surface area contributed by atoms with E-state index in [-0.39, 0.29) is 11.9 Å². The Balaban J connectivity index is 1.75. The molecular weight excluding hydrogens is 348 g/mol. The van der Waals surface area contributed by atoms with Crippen LogP contribution in [0.3, 0.4) is 0 Å². The SMILES string of the molecule is Cc1nn(C(C)C(=O)NC(C)c2cccc(-n3cccc3)c2)c(C)c1Cl. The molecule has 0 spiro atoms. The molecule has 6 heteroatoms. The van der Waals surface area contributed by atoms with Crippen LogP contribution in [0.2, 0.25) is 5.02 Å². The van der Waals surface area contributed by atoms with Crippen molar-refractivity contribution in [2.24, 2.45) is 0 Å². The lowest BCUT2D eigenvalue weighted by Crippen LogP contribution is -2.33. The molecule has 0 aliphatic heterocycles. The van der Waals surface area contributed by atoms with Gasteiger partial charge in [0.15, 0.2) is 0 Å². The van der Waals surface area contributed by atoms with E-state index in [9.17, 15) is 4.79 Å². The van der Waals surface area contributed by atoms with E-state index >= 15 is 0 Å². The Labute approximate surface area is 158 Å². The number of carbonyl (C=O) groups excluding carboxylic acids is 1. The molecular formula is C20H23ClN4O. The molecule has 0 radical (unpaired) electrons. The molecule has 0 saturated heterocycles. The molecule has 3 aromatic rings. The van der Waals surface area contributed by atoms with E-state index in [0.717, 1.165) is 22.6 Å². The Morgan fingerprint density at radius 3 is 2.46 bits per heavy atom. The highest BCUT2D eigenvalue weighted by molar-refractivity contribution is 6.31. The predicted octanol–water partition coefficient (Wildman–Crippen LogP) is 4.38. The molecule has 0 bridgehead atoms. The van der Waals surface area contributed by atoms with Crippen molar-refractivity contribution in [3.63, 3.8) is 0 Å². The molecule has 0 aliphatic carbocycles. The van der Waals surface area contributed by atoms with Gasteiger partial charge in [0, 0.05) is 18.1 Å².